The number of ether oxygens (including phenoxy) is 2. The number of rotatable bonds is 6. The van der Waals surface area contributed by atoms with Crippen LogP contribution in [0.4, 0.5) is 0 Å². The van der Waals surface area contributed by atoms with Crippen molar-refractivity contribution in [3.8, 4) is 5.75 Å². The average Bonchev–Trinajstić information content (AvgIpc) is 3.11. The quantitative estimate of drug-likeness (QED) is 0.549. The molecule has 7 nitrogen and oxygen atoms in total. The van der Waals surface area contributed by atoms with Gasteiger partial charge >= 0.3 is 0 Å². The van der Waals surface area contributed by atoms with Gasteiger partial charge in [0.2, 0.25) is 5.76 Å². The summed E-state index contributed by atoms with van der Waals surface area (Å²) in [5.74, 6) is 0.376. The Kier molecular flexibility index (Phi) is 6.10. The van der Waals surface area contributed by atoms with Crippen LogP contribution >= 0.6 is 11.6 Å². The van der Waals surface area contributed by atoms with E-state index in [0.717, 1.165) is 44.8 Å². The average molecular weight is 469 g/mol. The largest absolute Gasteiger partial charge is 0.497 e. The van der Waals surface area contributed by atoms with E-state index in [2.05, 4.69) is 4.90 Å². The van der Waals surface area contributed by atoms with E-state index in [1.807, 2.05) is 12.1 Å². The zero-order chi connectivity index (χ0) is 22.9. The first-order chi connectivity index (χ1) is 16.1. The number of benzene rings is 2. The third-order valence-electron chi connectivity index (χ3n) is 6.32. The molecule has 33 heavy (non-hydrogen) atoms. The van der Waals surface area contributed by atoms with E-state index in [4.69, 9.17) is 25.5 Å². The second-order valence-corrected chi connectivity index (χ2v) is 8.74. The molecule has 2 aromatic carbocycles. The maximum Gasteiger partial charge on any atom is 0.290 e. The van der Waals surface area contributed by atoms with Gasteiger partial charge in [-0.1, -0.05) is 23.7 Å². The van der Waals surface area contributed by atoms with Crippen LogP contribution in [0, 0.1) is 0 Å². The topological polar surface area (TPSA) is 72.2 Å². The number of amides is 1. The number of hydrogen-bond acceptors (Lipinski definition) is 6. The SMILES string of the molecule is COc1ccc2c(=O)c3c(oc2c1)C(=O)N(CCCN1CCOCC1)[C@@H]3c1cccc(Cl)c1. The van der Waals surface area contributed by atoms with Crippen LogP contribution in [-0.2, 0) is 4.74 Å². The maximum absolute atomic E-state index is 13.6. The fraction of sp³-hybridized carbons (Fsp3) is 0.360. The lowest BCUT2D eigenvalue weighted by Crippen LogP contribution is -2.38. The fourth-order valence-electron chi connectivity index (χ4n) is 4.67. The first kappa shape index (κ1) is 21.9. The Balaban J connectivity index is 1.54. The van der Waals surface area contributed by atoms with Gasteiger partial charge in [0, 0.05) is 37.3 Å². The molecular formula is C25H25ClN2O5. The van der Waals surface area contributed by atoms with Gasteiger partial charge in [-0.15, -0.1) is 0 Å². The highest BCUT2D eigenvalue weighted by atomic mass is 35.5. The molecule has 0 saturated carbocycles. The van der Waals surface area contributed by atoms with Gasteiger partial charge in [-0.3, -0.25) is 14.5 Å². The Morgan fingerprint density at radius 2 is 1.91 bits per heavy atom. The second-order valence-electron chi connectivity index (χ2n) is 8.30. The summed E-state index contributed by atoms with van der Waals surface area (Å²) in [7, 11) is 1.54. The third kappa shape index (κ3) is 4.12. The van der Waals surface area contributed by atoms with E-state index in [1.54, 1.807) is 42.3 Å². The fourth-order valence-corrected chi connectivity index (χ4v) is 4.87. The van der Waals surface area contributed by atoms with Crippen molar-refractivity contribution in [1.82, 2.24) is 9.80 Å². The molecule has 5 rings (SSSR count). The Morgan fingerprint density at radius 1 is 1.09 bits per heavy atom. The Morgan fingerprint density at radius 3 is 2.67 bits per heavy atom. The lowest BCUT2D eigenvalue weighted by atomic mass is 9.98. The summed E-state index contributed by atoms with van der Waals surface area (Å²) in [6.45, 7) is 4.59. The molecule has 0 N–H and O–H groups in total. The van der Waals surface area contributed by atoms with E-state index in [0.29, 0.717) is 33.8 Å². The first-order valence-electron chi connectivity index (χ1n) is 11.1. The molecule has 8 heteroatoms. The molecule has 1 atom stereocenters. The van der Waals surface area contributed by atoms with Crippen LogP contribution in [0.5, 0.6) is 5.75 Å². The van der Waals surface area contributed by atoms with Gasteiger partial charge in [0.05, 0.1) is 37.3 Å². The number of morpholine rings is 1. The van der Waals surface area contributed by atoms with Crippen LogP contribution in [0.15, 0.2) is 51.7 Å². The lowest BCUT2D eigenvalue weighted by molar-refractivity contribution is 0.0353. The predicted octanol–water partition coefficient (Wildman–Crippen LogP) is 3.72. The lowest BCUT2D eigenvalue weighted by Gasteiger charge is -2.29. The molecule has 1 aromatic heterocycles. The molecule has 2 aliphatic heterocycles. The molecule has 2 aliphatic rings. The molecule has 0 bridgehead atoms. The predicted molar refractivity (Wildman–Crippen MR) is 125 cm³/mol. The monoisotopic (exact) mass is 468 g/mol. The molecule has 172 valence electrons. The van der Waals surface area contributed by atoms with Gasteiger partial charge in [-0.05, 0) is 36.2 Å². The normalized spacial score (nSPS) is 18.7. The van der Waals surface area contributed by atoms with Crippen molar-refractivity contribution < 1.29 is 18.7 Å². The van der Waals surface area contributed by atoms with Gasteiger partial charge in [0.25, 0.3) is 5.91 Å². The minimum atomic E-state index is -0.543. The summed E-state index contributed by atoms with van der Waals surface area (Å²) in [4.78, 5) is 31.1. The Bertz CT molecular complexity index is 1250. The van der Waals surface area contributed by atoms with Gasteiger partial charge in [-0.25, -0.2) is 0 Å². The smallest absolute Gasteiger partial charge is 0.290 e. The van der Waals surface area contributed by atoms with E-state index in [1.165, 1.54) is 0 Å². The molecule has 3 aromatic rings. The zero-order valence-corrected chi connectivity index (χ0v) is 19.1. The van der Waals surface area contributed by atoms with Gasteiger partial charge in [0.1, 0.15) is 11.3 Å². The van der Waals surface area contributed by atoms with Gasteiger partial charge in [0.15, 0.2) is 5.43 Å². The maximum atomic E-state index is 13.6. The number of nitrogens with zero attached hydrogens (tertiary/aromatic N) is 2. The van der Waals surface area contributed by atoms with E-state index < -0.39 is 6.04 Å². The second kappa shape index (κ2) is 9.17. The molecule has 0 unspecified atom stereocenters. The highest BCUT2D eigenvalue weighted by molar-refractivity contribution is 6.30. The molecule has 0 spiro atoms. The molecular weight excluding hydrogens is 444 g/mol. The highest BCUT2D eigenvalue weighted by Gasteiger charge is 2.42. The highest BCUT2D eigenvalue weighted by Crippen LogP contribution is 2.39. The van der Waals surface area contributed by atoms with Crippen molar-refractivity contribution in [1.29, 1.82) is 0 Å². The van der Waals surface area contributed by atoms with Crippen LogP contribution in [-0.4, -0.2) is 62.2 Å². The number of fused-ring (bicyclic) bond motifs is 2. The summed E-state index contributed by atoms with van der Waals surface area (Å²) in [6.07, 6.45) is 0.776. The molecule has 1 amide bonds. The first-order valence-corrected chi connectivity index (χ1v) is 11.5. The van der Waals surface area contributed by atoms with Crippen molar-refractivity contribution in [3.63, 3.8) is 0 Å². The summed E-state index contributed by atoms with van der Waals surface area (Å²) >= 11 is 6.27. The molecule has 0 aliphatic carbocycles. The van der Waals surface area contributed by atoms with Crippen LogP contribution in [0.2, 0.25) is 5.02 Å². The zero-order valence-electron chi connectivity index (χ0n) is 18.4. The van der Waals surface area contributed by atoms with Crippen LogP contribution in [0.25, 0.3) is 11.0 Å². The Hall–Kier alpha value is -2.87. The van der Waals surface area contributed by atoms with Crippen molar-refractivity contribution in [2.75, 3.05) is 46.5 Å². The number of carbonyl (C=O) groups excluding carboxylic acids is 1. The van der Waals surface area contributed by atoms with Crippen molar-refractivity contribution in [2.24, 2.45) is 0 Å². The van der Waals surface area contributed by atoms with Crippen molar-refractivity contribution >= 4 is 28.5 Å². The summed E-state index contributed by atoms with van der Waals surface area (Å²) < 4.78 is 16.7. The van der Waals surface area contributed by atoms with Gasteiger partial charge < -0.3 is 18.8 Å². The standard InChI is InChI=1S/C25H25ClN2O5/c1-31-18-6-7-19-20(15-18)33-24-21(23(19)29)22(16-4-2-5-17(26)14-16)28(25(24)30)9-3-8-27-10-12-32-13-11-27/h2,4-7,14-15,22H,3,8-13H2,1H3/t22-/m1/s1. The number of halogens is 1. The van der Waals surface area contributed by atoms with Crippen molar-refractivity contribution in [3.05, 3.63) is 74.6 Å². The Labute approximate surface area is 196 Å². The van der Waals surface area contributed by atoms with Crippen molar-refractivity contribution in [2.45, 2.75) is 12.5 Å². The molecule has 3 heterocycles. The van der Waals surface area contributed by atoms with Crippen LogP contribution < -0.4 is 10.2 Å². The molecule has 1 saturated heterocycles. The van der Waals surface area contributed by atoms with Crippen LogP contribution in [0.1, 0.15) is 34.1 Å². The van der Waals surface area contributed by atoms with Gasteiger partial charge in [-0.2, -0.15) is 0 Å². The summed E-state index contributed by atoms with van der Waals surface area (Å²) in [6, 6.07) is 11.8. The van der Waals surface area contributed by atoms with E-state index in [9.17, 15) is 9.59 Å². The third-order valence-corrected chi connectivity index (χ3v) is 6.55. The minimum absolute atomic E-state index is 0.0945. The van der Waals surface area contributed by atoms with Crippen LogP contribution in [0.3, 0.4) is 0 Å². The summed E-state index contributed by atoms with van der Waals surface area (Å²) in [5.41, 5.74) is 1.29. The number of carbonyl (C=O) groups is 1. The van der Waals surface area contributed by atoms with E-state index in [-0.39, 0.29) is 17.1 Å². The number of methoxy groups -OCH3 is 1. The number of hydrogen-bond donors (Lipinski definition) is 0. The van der Waals surface area contributed by atoms with E-state index >= 15 is 0 Å². The summed E-state index contributed by atoms with van der Waals surface area (Å²) in [5, 5.41) is 0.973. The molecule has 0 radical (unpaired) electrons. The minimum Gasteiger partial charge on any atom is -0.497 e. The molecule has 1 fully saturated rings.